The molecule has 0 aliphatic rings. The summed E-state index contributed by atoms with van der Waals surface area (Å²) in [5, 5.41) is 10.3. The van der Waals surface area contributed by atoms with Gasteiger partial charge in [0.2, 0.25) is 17.7 Å². The summed E-state index contributed by atoms with van der Waals surface area (Å²) in [4.78, 5) is 11.7. The third-order valence-electron chi connectivity index (χ3n) is 2.79. The minimum absolute atomic E-state index is 0.0276. The average molecular weight is 305 g/mol. The molecule has 0 fully saturated rings. The maximum atomic E-state index is 11.7. The SMILES string of the molecule is Cc1cc(C)cc(CSCC(=O)NCc2nnc(C)o2)c1. The molecule has 0 atom stereocenters. The van der Waals surface area contributed by atoms with Crippen molar-refractivity contribution in [2.75, 3.05) is 5.75 Å². The molecule has 1 amide bonds. The van der Waals surface area contributed by atoms with Crippen LogP contribution in [0.1, 0.15) is 28.5 Å². The van der Waals surface area contributed by atoms with E-state index in [1.54, 1.807) is 18.7 Å². The molecule has 5 nitrogen and oxygen atoms in total. The minimum Gasteiger partial charge on any atom is -0.424 e. The standard InChI is InChI=1S/C15H19N3O2S/c1-10-4-11(2)6-13(5-10)8-21-9-14(19)16-7-15-18-17-12(3)20-15/h4-6H,7-9H2,1-3H3,(H,16,19). The summed E-state index contributed by atoms with van der Waals surface area (Å²) < 4.78 is 5.19. The van der Waals surface area contributed by atoms with E-state index < -0.39 is 0 Å². The fourth-order valence-corrected chi connectivity index (χ4v) is 2.84. The van der Waals surface area contributed by atoms with Crippen LogP contribution in [0, 0.1) is 20.8 Å². The molecule has 112 valence electrons. The lowest BCUT2D eigenvalue weighted by Gasteiger charge is -2.05. The van der Waals surface area contributed by atoms with E-state index in [2.05, 4.69) is 47.6 Å². The van der Waals surface area contributed by atoms with E-state index in [-0.39, 0.29) is 12.5 Å². The van der Waals surface area contributed by atoms with Crippen molar-refractivity contribution in [2.45, 2.75) is 33.1 Å². The number of rotatable bonds is 6. The van der Waals surface area contributed by atoms with Crippen LogP contribution in [-0.4, -0.2) is 21.9 Å². The topological polar surface area (TPSA) is 68.0 Å². The fraction of sp³-hybridized carbons (Fsp3) is 0.400. The third-order valence-corrected chi connectivity index (χ3v) is 3.79. The summed E-state index contributed by atoms with van der Waals surface area (Å²) >= 11 is 1.59. The third kappa shape index (κ3) is 5.23. The van der Waals surface area contributed by atoms with Crippen LogP contribution in [0.5, 0.6) is 0 Å². The van der Waals surface area contributed by atoms with Gasteiger partial charge in [0, 0.05) is 12.7 Å². The second-order valence-electron chi connectivity index (χ2n) is 4.98. The number of benzene rings is 1. The Bertz CT molecular complexity index is 605. The Hall–Kier alpha value is -1.82. The molecule has 0 bridgehead atoms. The highest BCUT2D eigenvalue weighted by Gasteiger charge is 2.06. The molecule has 1 aromatic heterocycles. The normalized spacial score (nSPS) is 10.6. The second kappa shape index (κ2) is 7.26. The number of aromatic nitrogens is 2. The van der Waals surface area contributed by atoms with Crippen LogP contribution in [0.4, 0.5) is 0 Å². The molecule has 0 spiro atoms. The van der Waals surface area contributed by atoms with Crippen molar-refractivity contribution in [3.63, 3.8) is 0 Å². The van der Waals surface area contributed by atoms with Gasteiger partial charge in [0.15, 0.2) is 0 Å². The van der Waals surface area contributed by atoms with Gasteiger partial charge < -0.3 is 9.73 Å². The van der Waals surface area contributed by atoms with E-state index in [0.29, 0.717) is 17.5 Å². The maximum absolute atomic E-state index is 11.7. The van der Waals surface area contributed by atoms with Gasteiger partial charge in [-0.3, -0.25) is 4.79 Å². The van der Waals surface area contributed by atoms with E-state index >= 15 is 0 Å². The molecule has 6 heteroatoms. The van der Waals surface area contributed by atoms with Crippen molar-refractivity contribution < 1.29 is 9.21 Å². The average Bonchev–Trinajstić information content (AvgIpc) is 2.81. The lowest BCUT2D eigenvalue weighted by atomic mass is 10.1. The van der Waals surface area contributed by atoms with Gasteiger partial charge in [-0.2, -0.15) is 0 Å². The molecule has 2 aromatic rings. The monoisotopic (exact) mass is 305 g/mol. The summed E-state index contributed by atoms with van der Waals surface area (Å²) in [6.45, 7) is 6.17. The molecular weight excluding hydrogens is 286 g/mol. The number of hydrogen-bond acceptors (Lipinski definition) is 5. The summed E-state index contributed by atoms with van der Waals surface area (Å²) in [5.74, 6) is 2.15. The van der Waals surface area contributed by atoms with Crippen molar-refractivity contribution in [1.82, 2.24) is 15.5 Å². The van der Waals surface area contributed by atoms with Gasteiger partial charge >= 0.3 is 0 Å². The zero-order chi connectivity index (χ0) is 15.2. The zero-order valence-corrected chi connectivity index (χ0v) is 13.3. The van der Waals surface area contributed by atoms with Gasteiger partial charge in [-0.15, -0.1) is 22.0 Å². The van der Waals surface area contributed by atoms with Crippen molar-refractivity contribution in [3.8, 4) is 0 Å². The van der Waals surface area contributed by atoms with E-state index in [9.17, 15) is 4.79 Å². The summed E-state index contributed by atoms with van der Waals surface area (Å²) in [6, 6.07) is 6.45. The van der Waals surface area contributed by atoms with Crippen LogP contribution < -0.4 is 5.32 Å². The zero-order valence-electron chi connectivity index (χ0n) is 12.5. The second-order valence-corrected chi connectivity index (χ2v) is 5.97. The Labute approximate surface area is 128 Å². The summed E-state index contributed by atoms with van der Waals surface area (Å²) in [7, 11) is 0. The minimum atomic E-state index is -0.0276. The Kier molecular flexibility index (Phi) is 5.38. The number of nitrogens with zero attached hydrogens (tertiary/aromatic N) is 2. The highest BCUT2D eigenvalue weighted by atomic mass is 32.2. The van der Waals surface area contributed by atoms with Crippen molar-refractivity contribution in [3.05, 3.63) is 46.7 Å². The van der Waals surface area contributed by atoms with E-state index in [0.717, 1.165) is 5.75 Å². The van der Waals surface area contributed by atoms with E-state index in [1.165, 1.54) is 16.7 Å². The number of hydrogen-bond donors (Lipinski definition) is 1. The first-order valence-corrected chi connectivity index (χ1v) is 7.89. The molecule has 0 unspecified atom stereocenters. The molecule has 1 aromatic carbocycles. The first kappa shape index (κ1) is 15.6. The predicted octanol–water partition coefficient (Wildman–Crippen LogP) is 2.54. The van der Waals surface area contributed by atoms with Gasteiger partial charge in [-0.1, -0.05) is 29.3 Å². The lowest BCUT2D eigenvalue weighted by Crippen LogP contribution is -2.24. The Morgan fingerprint density at radius 2 is 1.90 bits per heavy atom. The van der Waals surface area contributed by atoms with Gasteiger partial charge in [0.25, 0.3) is 0 Å². The number of carbonyl (C=O) groups excluding carboxylic acids is 1. The number of nitrogens with one attached hydrogen (secondary N) is 1. The molecule has 1 N–H and O–H groups in total. The highest BCUT2D eigenvalue weighted by Crippen LogP contribution is 2.15. The first-order chi connectivity index (χ1) is 10.0. The number of thioether (sulfide) groups is 1. The molecule has 1 heterocycles. The van der Waals surface area contributed by atoms with Crippen molar-refractivity contribution in [2.24, 2.45) is 0 Å². The molecule has 0 aliphatic carbocycles. The molecule has 21 heavy (non-hydrogen) atoms. The Morgan fingerprint density at radius 1 is 1.19 bits per heavy atom. The van der Waals surface area contributed by atoms with Crippen LogP contribution in [0.25, 0.3) is 0 Å². The van der Waals surface area contributed by atoms with Crippen LogP contribution in [0.2, 0.25) is 0 Å². The lowest BCUT2D eigenvalue weighted by molar-refractivity contribution is -0.118. The van der Waals surface area contributed by atoms with Crippen LogP contribution >= 0.6 is 11.8 Å². The number of amides is 1. The summed E-state index contributed by atoms with van der Waals surface area (Å²) in [5.41, 5.74) is 3.75. The molecule has 0 aliphatic heterocycles. The fourth-order valence-electron chi connectivity index (χ4n) is 2.05. The van der Waals surface area contributed by atoms with Crippen molar-refractivity contribution >= 4 is 17.7 Å². The molecule has 0 radical (unpaired) electrons. The van der Waals surface area contributed by atoms with Gasteiger partial charge in [0.1, 0.15) is 0 Å². The van der Waals surface area contributed by atoms with Gasteiger partial charge in [-0.25, -0.2) is 0 Å². The Morgan fingerprint density at radius 3 is 2.52 bits per heavy atom. The number of carbonyl (C=O) groups is 1. The Balaban J connectivity index is 1.71. The van der Waals surface area contributed by atoms with E-state index in [4.69, 9.17) is 4.42 Å². The smallest absolute Gasteiger partial charge is 0.235 e. The van der Waals surface area contributed by atoms with Gasteiger partial charge in [0.05, 0.1) is 12.3 Å². The van der Waals surface area contributed by atoms with Gasteiger partial charge in [-0.05, 0) is 19.4 Å². The number of aryl methyl sites for hydroxylation is 3. The molecular formula is C15H19N3O2S. The molecule has 0 saturated carbocycles. The summed E-state index contributed by atoms with van der Waals surface area (Å²) in [6.07, 6.45) is 0. The van der Waals surface area contributed by atoms with Crippen LogP contribution in [-0.2, 0) is 17.1 Å². The predicted molar refractivity (Wildman–Crippen MR) is 83.0 cm³/mol. The largest absolute Gasteiger partial charge is 0.424 e. The van der Waals surface area contributed by atoms with E-state index in [1.807, 2.05) is 0 Å². The quantitative estimate of drug-likeness (QED) is 0.888. The molecule has 2 rings (SSSR count). The first-order valence-electron chi connectivity index (χ1n) is 6.73. The van der Waals surface area contributed by atoms with Crippen LogP contribution in [0.15, 0.2) is 22.6 Å². The van der Waals surface area contributed by atoms with Crippen LogP contribution in [0.3, 0.4) is 0 Å². The molecule has 0 saturated heterocycles. The van der Waals surface area contributed by atoms with Crippen molar-refractivity contribution in [1.29, 1.82) is 0 Å². The maximum Gasteiger partial charge on any atom is 0.235 e. The highest BCUT2D eigenvalue weighted by molar-refractivity contribution is 7.99.